The predicted molar refractivity (Wildman–Crippen MR) is 57.9 cm³/mol. The molecular formula is C11H13ClFNO. The molecule has 1 aromatic rings. The van der Waals surface area contributed by atoms with Crippen molar-refractivity contribution < 1.29 is 9.13 Å². The third-order valence-electron chi connectivity index (χ3n) is 2.71. The number of nitrogens with one attached hydrogen (secondary N) is 1. The monoisotopic (exact) mass is 229 g/mol. The summed E-state index contributed by atoms with van der Waals surface area (Å²) in [5, 5.41) is 3.48. The second kappa shape index (κ2) is 4.37. The van der Waals surface area contributed by atoms with Crippen molar-refractivity contribution in [2.75, 3.05) is 7.05 Å². The maximum absolute atomic E-state index is 13.3. The van der Waals surface area contributed by atoms with Crippen molar-refractivity contribution in [3.8, 4) is 5.75 Å². The van der Waals surface area contributed by atoms with E-state index in [2.05, 4.69) is 5.32 Å². The van der Waals surface area contributed by atoms with Gasteiger partial charge in [-0.25, -0.2) is 4.39 Å². The average Bonchev–Trinajstić information content (AvgIpc) is 2.14. The van der Waals surface area contributed by atoms with Crippen molar-refractivity contribution in [1.82, 2.24) is 5.32 Å². The normalized spacial score (nSPS) is 24.7. The largest absolute Gasteiger partial charge is 0.486 e. The Morgan fingerprint density at radius 2 is 2.20 bits per heavy atom. The number of hydrogen-bond donors (Lipinski definition) is 1. The Balaban J connectivity index is 2.00. The van der Waals surface area contributed by atoms with Gasteiger partial charge >= 0.3 is 0 Å². The summed E-state index contributed by atoms with van der Waals surface area (Å²) < 4.78 is 18.8. The predicted octanol–water partition coefficient (Wildman–Crippen LogP) is 2.61. The number of hydrogen-bond acceptors (Lipinski definition) is 2. The van der Waals surface area contributed by atoms with Gasteiger partial charge in [0.25, 0.3) is 0 Å². The van der Waals surface area contributed by atoms with Crippen LogP contribution in [0, 0.1) is 5.82 Å². The van der Waals surface area contributed by atoms with Gasteiger partial charge in [-0.1, -0.05) is 17.7 Å². The van der Waals surface area contributed by atoms with Crippen molar-refractivity contribution >= 4 is 11.6 Å². The molecule has 0 aromatic heterocycles. The van der Waals surface area contributed by atoms with Crippen LogP contribution in [0.1, 0.15) is 12.8 Å². The van der Waals surface area contributed by atoms with E-state index in [1.165, 1.54) is 6.07 Å². The molecule has 1 aliphatic carbocycles. The van der Waals surface area contributed by atoms with E-state index in [1.807, 2.05) is 7.05 Å². The molecule has 4 heteroatoms. The summed E-state index contributed by atoms with van der Waals surface area (Å²) in [5.74, 6) is -0.214. The molecule has 2 rings (SSSR count). The van der Waals surface area contributed by atoms with E-state index in [9.17, 15) is 4.39 Å². The molecule has 0 amide bonds. The van der Waals surface area contributed by atoms with Crippen LogP contribution in [0.25, 0.3) is 0 Å². The Morgan fingerprint density at radius 3 is 2.80 bits per heavy atom. The maximum atomic E-state index is 13.3. The van der Waals surface area contributed by atoms with Gasteiger partial charge in [0.1, 0.15) is 6.10 Å². The standard InChI is InChI=1S/C11H13ClFNO/c1-14-7-5-8(6-7)15-11-9(12)3-2-4-10(11)13/h2-4,7-8,14H,5-6H2,1H3. The summed E-state index contributed by atoms with van der Waals surface area (Å²) in [6, 6.07) is 5.05. The lowest BCUT2D eigenvalue weighted by Gasteiger charge is -2.35. The first-order valence-corrected chi connectivity index (χ1v) is 5.36. The summed E-state index contributed by atoms with van der Waals surface area (Å²) in [7, 11) is 1.91. The van der Waals surface area contributed by atoms with E-state index < -0.39 is 5.82 Å². The first kappa shape index (κ1) is 10.7. The topological polar surface area (TPSA) is 21.3 Å². The maximum Gasteiger partial charge on any atom is 0.173 e. The summed E-state index contributed by atoms with van der Waals surface area (Å²) >= 11 is 5.84. The minimum absolute atomic E-state index is 0.0804. The Bertz CT molecular complexity index is 332. The molecule has 1 saturated carbocycles. The summed E-state index contributed by atoms with van der Waals surface area (Å²) in [5.41, 5.74) is 0. The van der Waals surface area contributed by atoms with Crippen LogP contribution in [-0.4, -0.2) is 19.2 Å². The molecule has 82 valence electrons. The molecule has 0 bridgehead atoms. The Morgan fingerprint density at radius 1 is 1.47 bits per heavy atom. The SMILES string of the molecule is CNC1CC(Oc2c(F)cccc2Cl)C1. The van der Waals surface area contributed by atoms with Gasteiger partial charge in [-0.15, -0.1) is 0 Å². The fourth-order valence-corrected chi connectivity index (χ4v) is 1.87. The second-order valence-corrected chi connectivity index (χ2v) is 4.15. The number of benzene rings is 1. The summed E-state index contributed by atoms with van der Waals surface area (Å²) in [4.78, 5) is 0. The minimum atomic E-state index is -0.393. The molecule has 2 nitrogen and oxygen atoms in total. The highest BCUT2D eigenvalue weighted by Gasteiger charge is 2.30. The van der Waals surface area contributed by atoms with Crippen molar-refractivity contribution in [2.45, 2.75) is 25.0 Å². The van der Waals surface area contributed by atoms with Crippen LogP contribution < -0.4 is 10.1 Å². The van der Waals surface area contributed by atoms with E-state index in [4.69, 9.17) is 16.3 Å². The molecule has 1 aliphatic rings. The second-order valence-electron chi connectivity index (χ2n) is 3.75. The van der Waals surface area contributed by atoms with E-state index in [0.717, 1.165) is 12.8 Å². The van der Waals surface area contributed by atoms with Crippen molar-refractivity contribution in [2.24, 2.45) is 0 Å². The molecule has 0 radical (unpaired) electrons. The minimum Gasteiger partial charge on any atom is -0.486 e. The third-order valence-corrected chi connectivity index (χ3v) is 3.00. The zero-order chi connectivity index (χ0) is 10.8. The molecule has 0 saturated heterocycles. The number of ether oxygens (including phenoxy) is 1. The Hall–Kier alpha value is -0.800. The highest BCUT2D eigenvalue weighted by atomic mass is 35.5. The first-order chi connectivity index (χ1) is 7.20. The van der Waals surface area contributed by atoms with Gasteiger partial charge in [-0.3, -0.25) is 0 Å². The van der Waals surface area contributed by atoms with Crippen molar-refractivity contribution in [1.29, 1.82) is 0 Å². The lowest BCUT2D eigenvalue weighted by Crippen LogP contribution is -2.45. The van der Waals surface area contributed by atoms with Crippen LogP contribution in [0.3, 0.4) is 0 Å². The fraction of sp³-hybridized carbons (Fsp3) is 0.455. The third kappa shape index (κ3) is 2.24. The lowest BCUT2D eigenvalue weighted by atomic mass is 9.89. The van der Waals surface area contributed by atoms with Crippen LogP contribution in [-0.2, 0) is 0 Å². The van der Waals surface area contributed by atoms with Crippen molar-refractivity contribution in [3.05, 3.63) is 29.0 Å². The van der Waals surface area contributed by atoms with E-state index in [-0.39, 0.29) is 11.9 Å². The van der Waals surface area contributed by atoms with E-state index in [1.54, 1.807) is 12.1 Å². The van der Waals surface area contributed by atoms with Crippen LogP contribution in [0.5, 0.6) is 5.75 Å². The fourth-order valence-electron chi connectivity index (χ4n) is 1.66. The molecule has 0 atom stereocenters. The van der Waals surface area contributed by atoms with Gasteiger partial charge in [0, 0.05) is 6.04 Å². The van der Waals surface area contributed by atoms with Crippen LogP contribution in [0.15, 0.2) is 18.2 Å². The van der Waals surface area contributed by atoms with E-state index in [0.29, 0.717) is 11.1 Å². The molecule has 1 N–H and O–H groups in total. The zero-order valence-electron chi connectivity index (χ0n) is 8.47. The molecule has 15 heavy (non-hydrogen) atoms. The number of rotatable bonds is 3. The zero-order valence-corrected chi connectivity index (χ0v) is 9.22. The molecule has 0 aliphatic heterocycles. The molecule has 1 aromatic carbocycles. The quantitative estimate of drug-likeness (QED) is 0.860. The lowest BCUT2D eigenvalue weighted by molar-refractivity contribution is 0.0844. The highest BCUT2D eigenvalue weighted by Crippen LogP contribution is 2.32. The first-order valence-electron chi connectivity index (χ1n) is 4.98. The Labute approximate surface area is 93.4 Å². The van der Waals surface area contributed by atoms with Gasteiger partial charge in [0.15, 0.2) is 11.6 Å². The van der Waals surface area contributed by atoms with Crippen molar-refractivity contribution in [3.63, 3.8) is 0 Å². The molecule has 0 heterocycles. The molecular weight excluding hydrogens is 217 g/mol. The molecule has 0 spiro atoms. The summed E-state index contributed by atoms with van der Waals surface area (Å²) in [6.45, 7) is 0. The van der Waals surface area contributed by atoms with Crippen LogP contribution in [0.4, 0.5) is 4.39 Å². The summed E-state index contributed by atoms with van der Waals surface area (Å²) in [6.07, 6.45) is 1.89. The average molecular weight is 230 g/mol. The van der Waals surface area contributed by atoms with Gasteiger partial charge < -0.3 is 10.1 Å². The highest BCUT2D eigenvalue weighted by molar-refractivity contribution is 6.32. The molecule has 1 fully saturated rings. The van der Waals surface area contributed by atoms with E-state index >= 15 is 0 Å². The Kier molecular flexibility index (Phi) is 3.12. The van der Waals surface area contributed by atoms with Crippen LogP contribution >= 0.6 is 11.6 Å². The van der Waals surface area contributed by atoms with Gasteiger partial charge in [-0.2, -0.15) is 0 Å². The number of halogens is 2. The van der Waals surface area contributed by atoms with Gasteiger partial charge in [-0.05, 0) is 32.0 Å². The molecule has 0 unspecified atom stereocenters. The van der Waals surface area contributed by atoms with Crippen LogP contribution in [0.2, 0.25) is 5.02 Å². The van der Waals surface area contributed by atoms with Gasteiger partial charge in [0.2, 0.25) is 0 Å². The smallest absolute Gasteiger partial charge is 0.173 e. The number of para-hydroxylation sites is 1. The van der Waals surface area contributed by atoms with Gasteiger partial charge in [0.05, 0.1) is 5.02 Å².